The van der Waals surface area contributed by atoms with Gasteiger partial charge in [-0.15, -0.1) is 0 Å². The maximum absolute atomic E-state index is 12.5. The largest absolute Gasteiger partial charge is 0.325 e. The maximum Gasteiger partial charge on any atom is 0.244 e. The van der Waals surface area contributed by atoms with Gasteiger partial charge in [-0.3, -0.25) is 19.3 Å². The van der Waals surface area contributed by atoms with E-state index < -0.39 is 15.9 Å². The maximum atomic E-state index is 12.5. The lowest BCUT2D eigenvalue weighted by molar-refractivity contribution is -0.143. The van der Waals surface area contributed by atoms with E-state index in [-0.39, 0.29) is 46.9 Å². The minimum absolute atomic E-state index is 0.0730. The van der Waals surface area contributed by atoms with Crippen LogP contribution in [0.4, 0.5) is 5.69 Å². The van der Waals surface area contributed by atoms with E-state index in [1.807, 2.05) is 12.2 Å². The summed E-state index contributed by atoms with van der Waals surface area (Å²) in [4.78, 5) is 38.3. The number of carbonyl (C=O) groups is 3. The molecule has 1 heterocycles. The number of hydrogen-bond donors (Lipinski definition) is 2. The zero-order valence-corrected chi connectivity index (χ0v) is 14.5. The van der Waals surface area contributed by atoms with Gasteiger partial charge in [0.2, 0.25) is 27.7 Å². The summed E-state index contributed by atoms with van der Waals surface area (Å²) in [7, 11) is -3.81. The van der Waals surface area contributed by atoms with Gasteiger partial charge < -0.3 is 5.32 Å². The van der Waals surface area contributed by atoms with E-state index in [4.69, 9.17) is 5.14 Å². The average molecular weight is 375 g/mol. The quantitative estimate of drug-likeness (QED) is 0.569. The molecule has 0 radical (unpaired) electrons. The summed E-state index contributed by atoms with van der Waals surface area (Å²) in [6, 6.07) is 5.32. The molecule has 3 amide bonds. The standard InChI is InChI=1S/C17H17N3O5S/c18-26(24,25)12-5-3-11(4-6-12)19-13(21)8-20-16(22)14-9-1-2-10(7-9)15(14)17(20)23/h1-6,9-10,14-15H,7-8H2,(H,19,21)(H2,18,24,25)/t9-,10+,14+,15-. The Kier molecular flexibility index (Phi) is 3.74. The Bertz CT molecular complexity index is 908. The first-order chi connectivity index (χ1) is 12.3. The lowest BCUT2D eigenvalue weighted by atomic mass is 9.85. The SMILES string of the molecule is NS(=O)(=O)c1ccc(NC(=O)CN2C(=O)[C@@H]3[C@H](C2=O)[C@H]2C=C[C@@H]3C2)cc1. The molecule has 4 atom stereocenters. The molecular formula is C17H17N3O5S. The monoisotopic (exact) mass is 375 g/mol. The Labute approximate surface area is 150 Å². The fourth-order valence-electron chi connectivity index (χ4n) is 4.19. The van der Waals surface area contributed by atoms with Gasteiger partial charge in [0.05, 0.1) is 16.7 Å². The average Bonchev–Trinajstić information content (AvgIpc) is 3.24. The van der Waals surface area contributed by atoms with Crippen LogP contribution in [-0.2, 0) is 24.4 Å². The Morgan fingerprint density at radius 3 is 2.12 bits per heavy atom. The van der Waals surface area contributed by atoms with Crippen LogP contribution in [0.1, 0.15) is 6.42 Å². The number of nitrogens with two attached hydrogens (primary N) is 1. The number of primary sulfonamides is 1. The molecule has 0 aromatic heterocycles. The third kappa shape index (κ3) is 2.63. The van der Waals surface area contributed by atoms with Crippen LogP contribution >= 0.6 is 0 Å². The molecule has 0 unspecified atom stereocenters. The number of imide groups is 1. The van der Waals surface area contributed by atoms with Crippen molar-refractivity contribution in [1.82, 2.24) is 4.90 Å². The number of nitrogens with zero attached hydrogens (tertiary/aromatic N) is 1. The van der Waals surface area contributed by atoms with Gasteiger partial charge in [-0.05, 0) is 42.5 Å². The molecule has 2 fully saturated rings. The number of hydrogen-bond acceptors (Lipinski definition) is 5. The third-order valence-corrected chi connectivity index (χ3v) is 6.26. The van der Waals surface area contributed by atoms with E-state index in [1.165, 1.54) is 24.3 Å². The van der Waals surface area contributed by atoms with Crippen LogP contribution < -0.4 is 10.5 Å². The van der Waals surface area contributed by atoms with Gasteiger partial charge in [-0.25, -0.2) is 13.6 Å². The lowest BCUT2D eigenvalue weighted by Crippen LogP contribution is -2.39. The van der Waals surface area contributed by atoms with E-state index in [2.05, 4.69) is 5.32 Å². The number of rotatable bonds is 4. The number of amides is 3. The van der Waals surface area contributed by atoms with Crippen molar-refractivity contribution in [2.45, 2.75) is 11.3 Å². The van der Waals surface area contributed by atoms with Gasteiger partial charge in [-0.2, -0.15) is 0 Å². The molecular weight excluding hydrogens is 358 g/mol. The predicted octanol–water partition coefficient (Wildman–Crippen LogP) is 0.0796. The first kappa shape index (κ1) is 16.9. The van der Waals surface area contributed by atoms with Gasteiger partial charge in [0.1, 0.15) is 6.54 Å². The molecule has 1 aromatic carbocycles. The van der Waals surface area contributed by atoms with Crippen molar-refractivity contribution in [3.8, 4) is 0 Å². The highest BCUT2D eigenvalue weighted by molar-refractivity contribution is 7.89. The molecule has 1 saturated heterocycles. The Morgan fingerprint density at radius 1 is 1.08 bits per heavy atom. The Morgan fingerprint density at radius 2 is 1.62 bits per heavy atom. The molecule has 3 N–H and O–H groups in total. The third-order valence-electron chi connectivity index (χ3n) is 5.33. The number of carbonyl (C=O) groups excluding carboxylic acids is 3. The summed E-state index contributed by atoms with van der Waals surface area (Å²) >= 11 is 0. The van der Waals surface area contributed by atoms with E-state index in [9.17, 15) is 22.8 Å². The molecule has 9 heteroatoms. The first-order valence-electron chi connectivity index (χ1n) is 8.22. The summed E-state index contributed by atoms with van der Waals surface area (Å²) in [5.74, 6) is -1.55. The van der Waals surface area contributed by atoms with Crippen LogP contribution in [-0.4, -0.2) is 37.6 Å². The van der Waals surface area contributed by atoms with Gasteiger partial charge in [0, 0.05) is 5.69 Å². The smallest absolute Gasteiger partial charge is 0.244 e. The second-order valence-corrected chi connectivity index (χ2v) is 8.44. The fraction of sp³-hybridized carbons (Fsp3) is 0.353. The molecule has 136 valence electrons. The van der Waals surface area contributed by atoms with Crippen LogP contribution in [0.25, 0.3) is 0 Å². The summed E-state index contributed by atoms with van der Waals surface area (Å²) < 4.78 is 22.5. The zero-order valence-electron chi connectivity index (χ0n) is 13.7. The van der Waals surface area contributed by atoms with Crippen LogP contribution in [0.5, 0.6) is 0 Å². The van der Waals surface area contributed by atoms with Crippen molar-refractivity contribution in [3.63, 3.8) is 0 Å². The summed E-state index contributed by atoms with van der Waals surface area (Å²) in [5.41, 5.74) is 0.350. The second kappa shape index (κ2) is 5.75. The first-order valence-corrected chi connectivity index (χ1v) is 9.76. The van der Waals surface area contributed by atoms with Crippen molar-refractivity contribution < 1.29 is 22.8 Å². The Hall–Kier alpha value is -2.52. The van der Waals surface area contributed by atoms with Gasteiger partial charge in [0.15, 0.2) is 0 Å². The second-order valence-electron chi connectivity index (χ2n) is 6.88. The number of benzene rings is 1. The minimum Gasteiger partial charge on any atom is -0.325 e. The van der Waals surface area contributed by atoms with Crippen LogP contribution in [0.3, 0.4) is 0 Å². The number of sulfonamides is 1. The van der Waals surface area contributed by atoms with Gasteiger partial charge in [-0.1, -0.05) is 12.2 Å². The number of anilines is 1. The van der Waals surface area contributed by atoms with Gasteiger partial charge >= 0.3 is 0 Å². The van der Waals surface area contributed by atoms with E-state index in [0.717, 1.165) is 11.3 Å². The molecule has 1 aromatic rings. The topological polar surface area (TPSA) is 127 Å². The summed E-state index contributed by atoms with van der Waals surface area (Å²) in [6.45, 7) is -0.346. The molecule has 26 heavy (non-hydrogen) atoms. The fourth-order valence-corrected chi connectivity index (χ4v) is 4.71. The highest BCUT2D eigenvalue weighted by Crippen LogP contribution is 2.52. The van der Waals surface area contributed by atoms with Crippen molar-refractivity contribution in [2.24, 2.45) is 28.8 Å². The molecule has 1 saturated carbocycles. The highest BCUT2D eigenvalue weighted by atomic mass is 32.2. The van der Waals surface area contributed by atoms with Crippen molar-refractivity contribution in [2.75, 3.05) is 11.9 Å². The van der Waals surface area contributed by atoms with Crippen LogP contribution in [0.2, 0.25) is 0 Å². The molecule has 4 rings (SSSR count). The molecule has 2 bridgehead atoms. The minimum atomic E-state index is -3.81. The zero-order chi connectivity index (χ0) is 18.6. The normalized spacial score (nSPS) is 29.3. The molecule has 0 spiro atoms. The van der Waals surface area contributed by atoms with Crippen molar-refractivity contribution in [1.29, 1.82) is 0 Å². The highest BCUT2D eigenvalue weighted by Gasteiger charge is 2.59. The van der Waals surface area contributed by atoms with Crippen molar-refractivity contribution >= 4 is 33.4 Å². The summed E-state index contributed by atoms with van der Waals surface area (Å²) in [6.07, 6.45) is 4.82. The molecule has 1 aliphatic heterocycles. The lowest BCUT2D eigenvalue weighted by Gasteiger charge is -2.16. The predicted molar refractivity (Wildman–Crippen MR) is 90.9 cm³/mol. The van der Waals surface area contributed by atoms with Crippen molar-refractivity contribution in [3.05, 3.63) is 36.4 Å². The molecule has 2 aliphatic carbocycles. The van der Waals surface area contributed by atoms with Crippen LogP contribution in [0, 0.1) is 23.7 Å². The van der Waals surface area contributed by atoms with E-state index >= 15 is 0 Å². The summed E-state index contributed by atoms with van der Waals surface area (Å²) in [5, 5.41) is 7.57. The molecule has 3 aliphatic rings. The molecule has 8 nitrogen and oxygen atoms in total. The number of allylic oxidation sites excluding steroid dienone is 2. The van der Waals surface area contributed by atoms with Crippen LogP contribution in [0.15, 0.2) is 41.3 Å². The Balaban J connectivity index is 1.43. The number of nitrogens with one attached hydrogen (secondary N) is 1. The number of fused-ring (bicyclic) bond motifs is 5. The van der Waals surface area contributed by atoms with E-state index in [0.29, 0.717) is 5.69 Å². The number of likely N-dealkylation sites (tertiary alicyclic amines) is 1. The van der Waals surface area contributed by atoms with Gasteiger partial charge in [0.25, 0.3) is 0 Å². The van der Waals surface area contributed by atoms with E-state index in [1.54, 1.807) is 0 Å².